The van der Waals surface area contributed by atoms with E-state index in [1.165, 1.54) is 12.2 Å². The minimum absolute atomic E-state index is 0.112. The van der Waals surface area contributed by atoms with E-state index in [1.807, 2.05) is 37.3 Å². The number of amides is 1. The molecule has 0 bridgehead atoms. The van der Waals surface area contributed by atoms with Crippen LogP contribution in [0, 0.1) is 0 Å². The number of benzene rings is 2. The fourth-order valence-electron chi connectivity index (χ4n) is 2.70. The van der Waals surface area contributed by atoms with E-state index in [0.717, 1.165) is 5.56 Å². The first-order valence-electron chi connectivity index (χ1n) is 8.70. The first kappa shape index (κ1) is 19.8. The molecule has 3 rings (SSSR count). The molecule has 1 heterocycles. The van der Waals surface area contributed by atoms with Gasteiger partial charge in [0, 0.05) is 13.1 Å². The first-order valence-corrected chi connectivity index (χ1v) is 9.08. The van der Waals surface area contributed by atoms with Gasteiger partial charge in [-0.1, -0.05) is 41.9 Å². The van der Waals surface area contributed by atoms with Crippen LogP contribution < -0.4 is 9.47 Å². The molecule has 28 heavy (non-hydrogen) atoms. The second-order valence-electron chi connectivity index (χ2n) is 6.27. The van der Waals surface area contributed by atoms with E-state index in [9.17, 15) is 9.59 Å². The largest absolute Gasteiger partial charge is 0.454 e. The summed E-state index contributed by atoms with van der Waals surface area (Å²) in [6, 6.07) is 12.9. The van der Waals surface area contributed by atoms with Gasteiger partial charge in [0.1, 0.15) is 0 Å². The molecular weight excluding hydrogens is 382 g/mol. The zero-order valence-corrected chi connectivity index (χ0v) is 16.3. The average Bonchev–Trinajstić information content (AvgIpc) is 3.19. The highest BCUT2D eigenvalue weighted by Crippen LogP contribution is 2.40. The highest BCUT2D eigenvalue weighted by atomic mass is 35.5. The molecule has 2 aromatic carbocycles. The van der Waals surface area contributed by atoms with Crippen LogP contribution in [0.3, 0.4) is 0 Å². The molecule has 0 fully saturated rings. The summed E-state index contributed by atoms with van der Waals surface area (Å²) < 4.78 is 15.6. The molecule has 0 radical (unpaired) electrons. The number of carbonyl (C=O) groups is 2. The van der Waals surface area contributed by atoms with E-state index in [2.05, 4.69) is 0 Å². The third-order valence-electron chi connectivity index (χ3n) is 4.46. The minimum Gasteiger partial charge on any atom is -0.454 e. The summed E-state index contributed by atoms with van der Waals surface area (Å²) in [6.45, 7) is 1.69. The Bertz CT molecular complexity index is 897. The van der Waals surface area contributed by atoms with Crippen LogP contribution in [-0.2, 0) is 14.3 Å². The topological polar surface area (TPSA) is 65.1 Å². The number of esters is 1. The average molecular weight is 402 g/mol. The van der Waals surface area contributed by atoms with Gasteiger partial charge in [-0.15, -0.1) is 0 Å². The fourth-order valence-corrected chi connectivity index (χ4v) is 2.98. The summed E-state index contributed by atoms with van der Waals surface area (Å²) in [4.78, 5) is 25.8. The minimum atomic E-state index is -0.622. The Morgan fingerprint density at radius 2 is 2.00 bits per heavy atom. The first-order chi connectivity index (χ1) is 13.5. The maximum absolute atomic E-state index is 12.3. The van der Waals surface area contributed by atoms with Crippen LogP contribution in [-0.4, -0.2) is 37.2 Å². The maximum Gasteiger partial charge on any atom is 0.331 e. The molecule has 6 nitrogen and oxygen atoms in total. The smallest absolute Gasteiger partial charge is 0.331 e. The standard InChI is InChI=1S/C21H20ClNO5/c1-14(16-6-4-3-5-7-16)23(2)19(24)12-26-20(25)9-8-15-10-17(22)21-18(11-15)27-13-28-21/h3-11,14H,12-13H2,1-2H3/b9-8+/t14-/m1/s1. The molecule has 0 saturated heterocycles. The van der Waals surface area contributed by atoms with Crippen LogP contribution in [0.4, 0.5) is 0 Å². The number of rotatable bonds is 6. The number of fused-ring (bicyclic) bond motifs is 1. The van der Waals surface area contributed by atoms with Crippen LogP contribution >= 0.6 is 11.6 Å². The van der Waals surface area contributed by atoms with Gasteiger partial charge in [0.2, 0.25) is 6.79 Å². The van der Waals surface area contributed by atoms with Gasteiger partial charge in [0.15, 0.2) is 18.1 Å². The van der Waals surface area contributed by atoms with Crippen molar-refractivity contribution in [2.75, 3.05) is 20.4 Å². The van der Waals surface area contributed by atoms with Gasteiger partial charge in [-0.25, -0.2) is 4.79 Å². The van der Waals surface area contributed by atoms with Crippen LogP contribution in [0.5, 0.6) is 11.5 Å². The summed E-state index contributed by atoms with van der Waals surface area (Å²) in [5.41, 5.74) is 1.66. The van der Waals surface area contributed by atoms with Crippen LogP contribution in [0.1, 0.15) is 24.1 Å². The van der Waals surface area contributed by atoms with Gasteiger partial charge < -0.3 is 19.1 Å². The molecule has 2 aromatic rings. The lowest BCUT2D eigenvalue weighted by Crippen LogP contribution is -2.33. The number of nitrogens with zero attached hydrogens (tertiary/aromatic N) is 1. The van der Waals surface area contributed by atoms with Gasteiger partial charge in [-0.3, -0.25) is 4.79 Å². The van der Waals surface area contributed by atoms with Gasteiger partial charge in [-0.05, 0) is 36.3 Å². The molecule has 1 aliphatic rings. The lowest BCUT2D eigenvalue weighted by molar-refractivity contribution is -0.148. The Kier molecular flexibility index (Phi) is 6.21. The predicted molar refractivity (Wildman–Crippen MR) is 105 cm³/mol. The van der Waals surface area contributed by atoms with E-state index in [1.54, 1.807) is 24.1 Å². The third kappa shape index (κ3) is 4.64. The molecule has 1 amide bonds. The lowest BCUT2D eigenvalue weighted by Gasteiger charge is -2.25. The Balaban J connectivity index is 1.53. The Hall–Kier alpha value is -2.99. The van der Waals surface area contributed by atoms with Crippen molar-refractivity contribution in [1.82, 2.24) is 4.90 Å². The number of carbonyl (C=O) groups excluding carboxylic acids is 2. The van der Waals surface area contributed by atoms with Crippen LogP contribution in [0.2, 0.25) is 5.02 Å². The maximum atomic E-state index is 12.3. The van der Waals surface area contributed by atoms with Crippen molar-refractivity contribution in [3.63, 3.8) is 0 Å². The molecular formula is C21H20ClNO5. The number of hydrogen-bond acceptors (Lipinski definition) is 5. The highest BCUT2D eigenvalue weighted by Gasteiger charge is 2.19. The lowest BCUT2D eigenvalue weighted by atomic mass is 10.1. The zero-order chi connectivity index (χ0) is 20.1. The zero-order valence-electron chi connectivity index (χ0n) is 15.6. The van der Waals surface area contributed by atoms with E-state index >= 15 is 0 Å². The van der Waals surface area contributed by atoms with Crippen molar-refractivity contribution in [2.24, 2.45) is 0 Å². The highest BCUT2D eigenvalue weighted by molar-refractivity contribution is 6.32. The van der Waals surface area contributed by atoms with Crippen molar-refractivity contribution in [3.8, 4) is 11.5 Å². The second-order valence-corrected chi connectivity index (χ2v) is 6.68. The number of hydrogen-bond donors (Lipinski definition) is 0. The van der Waals surface area contributed by atoms with Crippen molar-refractivity contribution >= 4 is 29.6 Å². The Morgan fingerprint density at radius 1 is 1.25 bits per heavy atom. The van der Waals surface area contributed by atoms with Crippen LogP contribution in [0.15, 0.2) is 48.5 Å². The Labute approximate surface area is 168 Å². The molecule has 146 valence electrons. The molecule has 0 aliphatic carbocycles. The van der Waals surface area contributed by atoms with Crippen molar-refractivity contribution in [3.05, 3.63) is 64.7 Å². The quantitative estimate of drug-likeness (QED) is 0.543. The Morgan fingerprint density at radius 3 is 2.75 bits per heavy atom. The summed E-state index contributed by atoms with van der Waals surface area (Å²) in [7, 11) is 1.68. The second kappa shape index (κ2) is 8.80. The summed E-state index contributed by atoms with van der Waals surface area (Å²) in [5, 5.41) is 0.398. The van der Waals surface area contributed by atoms with Crippen molar-refractivity contribution in [1.29, 1.82) is 0 Å². The number of halogens is 1. The van der Waals surface area contributed by atoms with Crippen LogP contribution in [0.25, 0.3) is 6.08 Å². The van der Waals surface area contributed by atoms with Gasteiger partial charge in [0.25, 0.3) is 5.91 Å². The van der Waals surface area contributed by atoms with Gasteiger partial charge in [-0.2, -0.15) is 0 Å². The number of ether oxygens (including phenoxy) is 3. The van der Waals surface area contributed by atoms with E-state index in [4.69, 9.17) is 25.8 Å². The molecule has 0 N–H and O–H groups in total. The van der Waals surface area contributed by atoms with Crippen molar-refractivity contribution in [2.45, 2.75) is 13.0 Å². The SMILES string of the molecule is C[C@H](c1ccccc1)N(C)C(=O)COC(=O)/C=C/c1cc(Cl)c2c(c1)OCO2. The van der Waals surface area contributed by atoms with Gasteiger partial charge >= 0.3 is 5.97 Å². The molecule has 0 unspecified atom stereocenters. The summed E-state index contributed by atoms with van der Waals surface area (Å²) >= 11 is 6.10. The predicted octanol–water partition coefficient (Wildman–Crippen LogP) is 3.84. The normalized spacial score (nSPS) is 13.4. The third-order valence-corrected chi connectivity index (χ3v) is 4.74. The molecule has 7 heteroatoms. The number of likely N-dealkylation sites (N-methyl/N-ethyl adjacent to an activating group) is 1. The molecule has 1 aliphatic heterocycles. The summed E-state index contributed by atoms with van der Waals surface area (Å²) in [5.74, 6) is 0.0990. The molecule has 0 spiro atoms. The van der Waals surface area contributed by atoms with Crippen molar-refractivity contribution < 1.29 is 23.8 Å². The summed E-state index contributed by atoms with van der Waals surface area (Å²) in [6.07, 6.45) is 2.78. The monoisotopic (exact) mass is 401 g/mol. The van der Waals surface area contributed by atoms with E-state index < -0.39 is 5.97 Å². The molecule has 0 saturated carbocycles. The van der Waals surface area contributed by atoms with Gasteiger partial charge in [0.05, 0.1) is 11.1 Å². The fraction of sp³-hybridized carbons (Fsp3) is 0.238. The van der Waals surface area contributed by atoms with E-state index in [0.29, 0.717) is 22.1 Å². The molecule has 1 atom stereocenters. The van der Waals surface area contributed by atoms with E-state index in [-0.39, 0.29) is 25.3 Å². The molecule has 0 aromatic heterocycles.